The molecular weight excluding hydrogens is 273 g/mol. The second kappa shape index (κ2) is 6.18. The van der Waals surface area contributed by atoms with E-state index in [1.165, 1.54) is 0 Å². The van der Waals surface area contributed by atoms with Gasteiger partial charge in [-0.05, 0) is 31.2 Å². The number of aromatic nitrogens is 2. The van der Waals surface area contributed by atoms with Gasteiger partial charge in [-0.2, -0.15) is 0 Å². The molecule has 0 aliphatic heterocycles. The van der Waals surface area contributed by atoms with Crippen molar-refractivity contribution in [1.29, 1.82) is 0 Å². The molecule has 4 nitrogen and oxygen atoms in total. The number of rotatable bonds is 5. The van der Waals surface area contributed by atoms with Crippen molar-refractivity contribution in [2.24, 2.45) is 0 Å². The molecule has 1 aromatic heterocycles. The van der Waals surface area contributed by atoms with Crippen LogP contribution in [0.1, 0.15) is 19.2 Å². The molecule has 0 saturated heterocycles. The van der Waals surface area contributed by atoms with Gasteiger partial charge in [0.1, 0.15) is 0 Å². The van der Waals surface area contributed by atoms with Crippen LogP contribution in [0, 0.1) is 0 Å². The minimum atomic E-state index is 0.385. The minimum absolute atomic E-state index is 0.385. The molecule has 0 aliphatic rings. The summed E-state index contributed by atoms with van der Waals surface area (Å²) < 4.78 is 5.52. The van der Waals surface area contributed by atoms with Crippen molar-refractivity contribution >= 4 is 23.2 Å². The monoisotopic (exact) mass is 285 g/mol. The lowest BCUT2D eigenvalue weighted by atomic mass is 10.2. The smallest absolute Gasteiger partial charge is 0.249 e. The van der Waals surface area contributed by atoms with E-state index in [9.17, 15) is 0 Å². The molecule has 96 valence electrons. The number of nitrogens with zero attached hydrogens (tertiary/aromatic N) is 2. The molecule has 0 amide bonds. The zero-order valence-electron chi connectivity index (χ0n) is 9.91. The van der Waals surface area contributed by atoms with Crippen molar-refractivity contribution in [3.8, 4) is 11.5 Å². The summed E-state index contributed by atoms with van der Waals surface area (Å²) in [4.78, 5) is 0. The van der Waals surface area contributed by atoms with E-state index >= 15 is 0 Å². The molecule has 0 saturated carbocycles. The van der Waals surface area contributed by atoms with Crippen molar-refractivity contribution in [3.63, 3.8) is 0 Å². The van der Waals surface area contributed by atoms with Gasteiger partial charge < -0.3 is 9.73 Å². The Balaban J connectivity index is 2.16. The molecule has 1 N–H and O–H groups in total. The molecule has 0 fully saturated rings. The van der Waals surface area contributed by atoms with Crippen LogP contribution in [0.4, 0.5) is 0 Å². The summed E-state index contributed by atoms with van der Waals surface area (Å²) in [5.41, 5.74) is 0.651. The normalized spacial score (nSPS) is 10.8. The fourth-order valence-electron chi connectivity index (χ4n) is 1.47. The van der Waals surface area contributed by atoms with E-state index in [0.29, 0.717) is 33.9 Å². The fraction of sp³-hybridized carbons (Fsp3) is 0.333. The summed E-state index contributed by atoms with van der Waals surface area (Å²) in [6.07, 6.45) is 1.06. The number of hydrogen-bond acceptors (Lipinski definition) is 4. The quantitative estimate of drug-likeness (QED) is 0.854. The van der Waals surface area contributed by atoms with Crippen LogP contribution in [-0.2, 0) is 6.54 Å². The molecule has 0 unspecified atom stereocenters. The maximum Gasteiger partial charge on any atom is 0.249 e. The standard InChI is InChI=1S/C12H13Cl2N3O/c1-2-5-15-7-11-16-17-12(18-11)9-6-8(13)3-4-10(9)14/h3-4,6,15H,2,5,7H2,1H3. The van der Waals surface area contributed by atoms with Crippen LogP contribution < -0.4 is 5.32 Å². The van der Waals surface area contributed by atoms with Gasteiger partial charge in [-0.15, -0.1) is 10.2 Å². The SMILES string of the molecule is CCCNCc1nnc(-c2cc(Cl)ccc2Cl)o1. The summed E-state index contributed by atoms with van der Waals surface area (Å²) in [5, 5.41) is 12.2. The van der Waals surface area contributed by atoms with Gasteiger partial charge in [-0.25, -0.2) is 0 Å². The Labute approximate surface area is 115 Å². The number of hydrogen-bond donors (Lipinski definition) is 1. The molecule has 6 heteroatoms. The van der Waals surface area contributed by atoms with E-state index in [0.717, 1.165) is 13.0 Å². The molecule has 0 bridgehead atoms. The molecular formula is C12H13Cl2N3O. The third-order valence-electron chi connectivity index (χ3n) is 2.33. The highest BCUT2D eigenvalue weighted by atomic mass is 35.5. The Kier molecular flexibility index (Phi) is 4.58. The first-order chi connectivity index (χ1) is 8.70. The summed E-state index contributed by atoms with van der Waals surface area (Å²) in [6, 6.07) is 5.13. The molecule has 0 aliphatic carbocycles. The Morgan fingerprint density at radius 2 is 2.11 bits per heavy atom. The molecule has 0 radical (unpaired) electrons. The third kappa shape index (κ3) is 3.22. The van der Waals surface area contributed by atoms with Crippen molar-refractivity contribution in [2.75, 3.05) is 6.54 Å². The van der Waals surface area contributed by atoms with Crippen LogP contribution in [-0.4, -0.2) is 16.7 Å². The van der Waals surface area contributed by atoms with Gasteiger partial charge in [0.2, 0.25) is 11.8 Å². The summed E-state index contributed by atoms with van der Waals surface area (Å²) in [6.45, 7) is 3.56. The van der Waals surface area contributed by atoms with Crippen LogP contribution in [0.25, 0.3) is 11.5 Å². The molecule has 0 atom stereocenters. The largest absolute Gasteiger partial charge is 0.419 e. The Morgan fingerprint density at radius 3 is 2.89 bits per heavy atom. The van der Waals surface area contributed by atoms with Crippen LogP contribution in [0.15, 0.2) is 22.6 Å². The lowest BCUT2D eigenvalue weighted by Crippen LogP contribution is -2.13. The zero-order chi connectivity index (χ0) is 13.0. The summed E-state index contributed by atoms with van der Waals surface area (Å²) in [5.74, 6) is 0.922. The maximum absolute atomic E-state index is 6.06. The average Bonchev–Trinajstić information content (AvgIpc) is 2.81. The Hall–Kier alpha value is -1.10. The predicted molar refractivity (Wildman–Crippen MR) is 71.8 cm³/mol. The van der Waals surface area contributed by atoms with Crippen LogP contribution in [0.5, 0.6) is 0 Å². The Morgan fingerprint density at radius 1 is 1.28 bits per heavy atom. The first-order valence-corrected chi connectivity index (χ1v) is 6.45. The second-order valence-electron chi connectivity index (χ2n) is 3.80. The summed E-state index contributed by atoms with van der Waals surface area (Å²) >= 11 is 12.0. The fourth-order valence-corrected chi connectivity index (χ4v) is 1.84. The molecule has 18 heavy (non-hydrogen) atoms. The van der Waals surface area contributed by atoms with Crippen molar-refractivity contribution < 1.29 is 4.42 Å². The molecule has 0 spiro atoms. The highest BCUT2D eigenvalue weighted by Gasteiger charge is 2.12. The second-order valence-corrected chi connectivity index (χ2v) is 4.65. The van der Waals surface area contributed by atoms with Gasteiger partial charge in [-0.3, -0.25) is 0 Å². The van der Waals surface area contributed by atoms with E-state index in [-0.39, 0.29) is 0 Å². The molecule has 1 aromatic carbocycles. The van der Waals surface area contributed by atoms with Crippen molar-refractivity contribution in [3.05, 3.63) is 34.1 Å². The predicted octanol–water partition coefficient (Wildman–Crippen LogP) is 3.54. The molecule has 2 rings (SSSR count). The Bertz CT molecular complexity index is 528. The third-order valence-corrected chi connectivity index (χ3v) is 2.89. The van der Waals surface area contributed by atoms with E-state index in [1.54, 1.807) is 18.2 Å². The lowest BCUT2D eigenvalue weighted by Gasteiger charge is -1.99. The number of halogens is 2. The molecule has 1 heterocycles. The minimum Gasteiger partial charge on any atom is -0.419 e. The highest BCUT2D eigenvalue weighted by Crippen LogP contribution is 2.29. The van der Waals surface area contributed by atoms with E-state index < -0.39 is 0 Å². The van der Waals surface area contributed by atoms with Crippen molar-refractivity contribution in [1.82, 2.24) is 15.5 Å². The first kappa shape index (κ1) is 13.3. The van der Waals surface area contributed by atoms with Gasteiger partial charge in [0.05, 0.1) is 17.1 Å². The first-order valence-electron chi connectivity index (χ1n) is 5.69. The van der Waals surface area contributed by atoms with Crippen LogP contribution >= 0.6 is 23.2 Å². The van der Waals surface area contributed by atoms with E-state index in [2.05, 4.69) is 22.4 Å². The highest BCUT2D eigenvalue weighted by molar-refractivity contribution is 6.35. The van der Waals surface area contributed by atoms with Gasteiger partial charge in [0.15, 0.2) is 0 Å². The molecule has 2 aromatic rings. The van der Waals surface area contributed by atoms with E-state index in [4.69, 9.17) is 27.6 Å². The van der Waals surface area contributed by atoms with E-state index in [1.807, 2.05) is 0 Å². The van der Waals surface area contributed by atoms with Crippen LogP contribution in [0.2, 0.25) is 10.0 Å². The van der Waals surface area contributed by atoms with Gasteiger partial charge >= 0.3 is 0 Å². The average molecular weight is 286 g/mol. The van der Waals surface area contributed by atoms with Gasteiger partial charge in [0, 0.05) is 5.02 Å². The summed E-state index contributed by atoms with van der Waals surface area (Å²) in [7, 11) is 0. The topological polar surface area (TPSA) is 51.0 Å². The van der Waals surface area contributed by atoms with Gasteiger partial charge in [-0.1, -0.05) is 30.1 Å². The van der Waals surface area contributed by atoms with Gasteiger partial charge in [0.25, 0.3) is 0 Å². The number of benzene rings is 1. The number of nitrogens with one attached hydrogen (secondary N) is 1. The van der Waals surface area contributed by atoms with Crippen LogP contribution in [0.3, 0.4) is 0 Å². The van der Waals surface area contributed by atoms with Crippen molar-refractivity contribution in [2.45, 2.75) is 19.9 Å². The lowest BCUT2D eigenvalue weighted by molar-refractivity contribution is 0.477. The zero-order valence-corrected chi connectivity index (χ0v) is 11.4. The maximum atomic E-state index is 6.06.